The van der Waals surface area contributed by atoms with E-state index in [2.05, 4.69) is 0 Å². The van der Waals surface area contributed by atoms with Crippen molar-refractivity contribution in [3.8, 4) is 5.75 Å². The molecule has 0 fully saturated rings. The van der Waals surface area contributed by atoms with Crippen LogP contribution in [0.5, 0.6) is 5.75 Å². The van der Waals surface area contributed by atoms with Gasteiger partial charge in [0.15, 0.2) is 5.78 Å². The third-order valence-electron chi connectivity index (χ3n) is 3.58. The summed E-state index contributed by atoms with van der Waals surface area (Å²) in [6, 6.07) is 17.5. The van der Waals surface area contributed by atoms with Gasteiger partial charge in [0.25, 0.3) is 0 Å². The third kappa shape index (κ3) is 3.27. The Morgan fingerprint density at radius 1 is 1.00 bits per heavy atom. The number of rotatable bonds is 5. The van der Waals surface area contributed by atoms with Gasteiger partial charge in [-0.3, -0.25) is 4.79 Å². The van der Waals surface area contributed by atoms with Crippen molar-refractivity contribution >= 4 is 5.78 Å². The summed E-state index contributed by atoms with van der Waals surface area (Å²) in [7, 11) is 0. The maximum absolute atomic E-state index is 12.4. The number of aryl methyl sites for hydroxylation is 1. The molecule has 0 spiro atoms. The van der Waals surface area contributed by atoms with E-state index in [0.29, 0.717) is 0 Å². The molecule has 2 nitrogen and oxygen atoms in total. The average Bonchev–Trinajstić information content (AvgIpc) is 2.47. The highest BCUT2D eigenvalue weighted by atomic mass is 16.5. The van der Waals surface area contributed by atoms with Gasteiger partial charge in [-0.15, -0.1) is 0 Å². The Labute approximate surface area is 120 Å². The summed E-state index contributed by atoms with van der Waals surface area (Å²) in [4.78, 5) is 12.4. The second-order valence-corrected chi connectivity index (χ2v) is 5.52. The smallest absolute Gasteiger partial charge is 0.180 e. The van der Waals surface area contributed by atoms with Crippen molar-refractivity contribution in [2.75, 3.05) is 6.61 Å². The van der Waals surface area contributed by atoms with Crippen LogP contribution in [0.3, 0.4) is 0 Å². The second-order valence-electron chi connectivity index (χ2n) is 5.52. The molecule has 2 rings (SSSR count). The van der Waals surface area contributed by atoms with Crippen LogP contribution >= 0.6 is 0 Å². The van der Waals surface area contributed by atoms with Gasteiger partial charge in [0.05, 0.1) is 5.41 Å². The Kier molecular flexibility index (Phi) is 4.23. The maximum Gasteiger partial charge on any atom is 0.180 e. The maximum atomic E-state index is 12.4. The minimum Gasteiger partial charge on any atom is -0.486 e. The van der Waals surface area contributed by atoms with Gasteiger partial charge < -0.3 is 4.74 Å². The first-order valence-electron chi connectivity index (χ1n) is 6.78. The fourth-order valence-corrected chi connectivity index (χ4v) is 1.98. The largest absolute Gasteiger partial charge is 0.486 e. The van der Waals surface area contributed by atoms with Crippen molar-refractivity contribution in [1.82, 2.24) is 0 Å². The number of carbonyl (C=O) groups excluding carboxylic acids is 1. The van der Waals surface area contributed by atoms with Crippen LogP contribution in [0.1, 0.15) is 25.0 Å². The molecular formula is C18H20O2. The Bertz CT molecular complexity index is 568. The van der Waals surface area contributed by atoms with E-state index in [4.69, 9.17) is 4.74 Å². The molecule has 0 N–H and O–H groups in total. The molecule has 0 aliphatic rings. The zero-order valence-electron chi connectivity index (χ0n) is 12.2. The molecule has 0 heterocycles. The normalized spacial score (nSPS) is 11.2. The van der Waals surface area contributed by atoms with Crippen molar-refractivity contribution in [3.05, 3.63) is 65.7 Å². The fraction of sp³-hybridized carbons (Fsp3) is 0.278. The molecule has 0 bridgehead atoms. The molecule has 2 heteroatoms. The highest BCUT2D eigenvalue weighted by Crippen LogP contribution is 2.24. The third-order valence-corrected chi connectivity index (χ3v) is 3.58. The minimum atomic E-state index is -0.536. The van der Waals surface area contributed by atoms with Gasteiger partial charge in [-0.2, -0.15) is 0 Å². The van der Waals surface area contributed by atoms with Crippen LogP contribution in [0.4, 0.5) is 0 Å². The number of hydrogen-bond acceptors (Lipinski definition) is 2. The summed E-state index contributed by atoms with van der Waals surface area (Å²) < 4.78 is 5.58. The van der Waals surface area contributed by atoms with Gasteiger partial charge in [-0.05, 0) is 38.5 Å². The molecule has 2 aromatic rings. The van der Waals surface area contributed by atoms with E-state index in [1.54, 1.807) is 0 Å². The Morgan fingerprint density at radius 2 is 1.60 bits per heavy atom. The van der Waals surface area contributed by atoms with Gasteiger partial charge in [-0.1, -0.05) is 48.0 Å². The molecule has 104 valence electrons. The number of benzene rings is 2. The number of carbonyl (C=O) groups is 1. The van der Waals surface area contributed by atoms with E-state index in [1.807, 2.05) is 75.4 Å². The van der Waals surface area contributed by atoms with E-state index < -0.39 is 5.41 Å². The molecule has 0 amide bonds. The Balaban J connectivity index is 2.03. The van der Waals surface area contributed by atoms with Crippen LogP contribution in [0.15, 0.2) is 54.6 Å². The molecular weight excluding hydrogens is 248 g/mol. The lowest BCUT2D eigenvalue weighted by atomic mass is 9.81. The first-order valence-corrected chi connectivity index (χ1v) is 6.78. The summed E-state index contributed by atoms with van der Waals surface area (Å²) in [5.41, 5.74) is 1.65. The lowest BCUT2D eigenvalue weighted by molar-refractivity contribution is -0.125. The number of hydrogen-bond donors (Lipinski definition) is 0. The van der Waals surface area contributed by atoms with Crippen LogP contribution in [-0.2, 0) is 10.2 Å². The molecule has 0 aromatic heterocycles. The van der Waals surface area contributed by atoms with Crippen molar-refractivity contribution in [1.29, 1.82) is 0 Å². The van der Waals surface area contributed by atoms with Crippen LogP contribution in [0.2, 0.25) is 0 Å². The molecule has 2 aromatic carbocycles. The van der Waals surface area contributed by atoms with Gasteiger partial charge in [0, 0.05) is 0 Å². The predicted molar refractivity (Wildman–Crippen MR) is 81.1 cm³/mol. The molecule has 0 atom stereocenters. The minimum absolute atomic E-state index is 0.0734. The highest BCUT2D eigenvalue weighted by molar-refractivity contribution is 5.90. The first kappa shape index (κ1) is 14.3. The zero-order chi connectivity index (χ0) is 14.6. The van der Waals surface area contributed by atoms with E-state index >= 15 is 0 Å². The number of ketones is 1. The van der Waals surface area contributed by atoms with Crippen molar-refractivity contribution < 1.29 is 9.53 Å². The molecule has 20 heavy (non-hydrogen) atoms. The van der Waals surface area contributed by atoms with E-state index in [0.717, 1.165) is 11.3 Å². The SMILES string of the molecule is Cc1ccc(OCC(=O)C(C)(C)c2ccccc2)cc1. The molecule has 0 unspecified atom stereocenters. The Hall–Kier alpha value is -2.09. The average molecular weight is 268 g/mol. The predicted octanol–water partition coefficient (Wildman–Crippen LogP) is 3.92. The summed E-state index contributed by atoms with van der Waals surface area (Å²) >= 11 is 0. The summed E-state index contributed by atoms with van der Waals surface area (Å²) in [5, 5.41) is 0. The molecule has 0 aliphatic heterocycles. The van der Waals surface area contributed by atoms with E-state index in [9.17, 15) is 4.79 Å². The lowest BCUT2D eigenvalue weighted by Crippen LogP contribution is -2.33. The van der Waals surface area contributed by atoms with Crippen molar-refractivity contribution in [2.45, 2.75) is 26.2 Å². The van der Waals surface area contributed by atoms with Gasteiger partial charge in [0.1, 0.15) is 12.4 Å². The number of Topliss-reactive ketones (excluding diaryl/α,β-unsaturated/α-hetero) is 1. The lowest BCUT2D eigenvalue weighted by Gasteiger charge is -2.23. The zero-order valence-corrected chi connectivity index (χ0v) is 12.2. The molecule has 0 saturated carbocycles. The van der Waals surface area contributed by atoms with Gasteiger partial charge in [0.2, 0.25) is 0 Å². The molecule has 0 aliphatic carbocycles. The fourth-order valence-electron chi connectivity index (χ4n) is 1.98. The standard InChI is InChI=1S/C18H20O2/c1-14-9-11-16(12-10-14)20-13-17(19)18(2,3)15-7-5-4-6-8-15/h4-12H,13H2,1-3H3. The first-order chi connectivity index (χ1) is 9.50. The van der Waals surface area contributed by atoms with Gasteiger partial charge in [-0.25, -0.2) is 0 Å². The topological polar surface area (TPSA) is 26.3 Å². The quantitative estimate of drug-likeness (QED) is 0.821. The monoisotopic (exact) mass is 268 g/mol. The molecule has 0 radical (unpaired) electrons. The van der Waals surface area contributed by atoms with Crippen LogP contribution in [0, 0.1) is 6.92 Å². The number of ether oxygens (including phenoxy) is 1. The summed E-state index contributed by atoms with van der Waals surface area (Å²) in [6.45, 7) is 5.98. The van der Waals surface area contributed by atoms with Crippen LogP contribution < -0.4 is 4.74 Å². The second kappa shape index (κ2) is 5.91. The van der Waals surface area contributed by atoms with Crippen LogP contribution in [0.25, 0.3) is 0 Å². The summed E-state index contributed by atoms with van der Waals surface area (Å²) in [6.07, 6.45) is 0. The Morgan fingerprint density at radius 3 is 2.20 bits per heavy atom. The van der Waals surface area contributed by atoms with Crippen molar-refractivity contribution in [2.24, 2.45) is 0 Å². The summed E-state index contributed by atoms with van der Waals surface area (Å²) in [5.74, 6) is 0.803. The van der Waals surface area contributed by atoms with Crippen molar-refractivity contribution in [3.63, 3.8) is 0 Å². The van der Waals surface area contributed by atoms with Crippen LogP contribution in [-0.4, -0.2) is 12.4 Å². The van der Waals surface area contributed by atoms with E-state index in [-0.39, 0.29) is 12.4 Å². The molecule has 0 saturated heterocycles. The van der Waals surface area contributed by atoms with E-state index in [1.165, 1.54) is 5.56 Å². The van der Waals surface area contributed by atoms with Gasteiger partial charge >= 0.3 is 0 Å². The highest BCUT2D eigenvalue weighted by Gasteiger charge is 2.29.